The van der Waals surface area contributed by atoms with Gasteiger partial charge in [-0.25, -0.2) is 0 Å². The number of hydrogen-bond donors (Lipinski definition) is 3. The molecule has 3 aromatic rings. The molecule has 6 rings (SSSR count). The van der Waals surface area contributed by atoms with Crippen molar-refractivity contribution < 1.29 is 24.2 Å². The predicted octanol–water partition coefficient (Wildman–Crippen LogP) is 4.48. The number of anilines is 3. The third kappa shape index (κ3) is 5.38. The molecule has 3 aliphatic rings. The second-order valence-electron chi connectivity index (χ2n) is 12.6. The van der Waals surface area contributed by atoms with Crippen LogP contribution in [0.5, 0.6) is 0 Å². The van der Waals surface area contributed by atoms with Gasteiger partial charge in [0.2, 0.25) is 17.7 Å². The van der Waals surface area contributed by atoms with Crippen molar-refractivity contribution in [1.29, 1.82) is 0 Å². The van der Waals surface area contributed by atoms with Crippen molar-refractivity contribution in [2.75, 3.05) is 35.2 Å². The predicted molar refractivity (Wildman–Crippen MR) is 174 cm³/mol. The Bertz CT molecular complexity index is 1530. The number of fused-ring (bicyclic) bond motifs is 1. The summed E-state index contributed by atoms with van der Waals surface area (Å²) in [5.74, 6) is -2.70. The van der Waals surface area contributed by atoms with E-state index in [1.54, 1.807) is 12.1 Å². The second-order valence-corrected chi connectivity index (χ2v) is 12.6. The Kier molecular flexibility index (Phi) is 8.41. The largest absolute Gasteiger partial charge is 0.394 e. The Balaban J connectivity index is 1.36. The first kappa shape index (κ1) is 30.8. The fourth-order valence-corrected chi connectivity index (χ4v) is 7.89. The minimum Gasteiger partial charge on any atom is -0.394 e. The van der Waals surface area contributed by atoms with Crippen molar-refractivity contribution in [2.24, 2.45) is 11.8 Å². The summed E-state index contributed by atoms with van der Waals surface area (Å²) >= 11 is 0. The van der Waals surface area contributed by atoms with E-state index in [1.165, 1.54) is 4.90 Å². The number of aliphatic hydroxyl groups is 1. The van der Waals surface area contributed by atoms with Gasteiger partial charge in [0.05, 0.1) is 30.1 Å². The standard InChI is InChI=1S/C36H42N4O5/c1-4-39(5-2)27-18-16-26(17-19-27)38-33(43)31-36-21-20-35(3,45-36)29(32(42)37-25-14-10-7-11-15-25)30(36)34(44)40(31)28(23-41)22-24-12-8-6-9-13-24/h6-19,28-31,41H,4-5,20-23H2,1-3H3,(H,37,42)(H,38,43)/t28-,29+,30+,31?,35-,36?/m1/s1. The van der Waals surface area contributed by atoms with Gasteiger partial charge in [0.1, 0.15) is 11.6 Å². The lowest BCUT2D eigenvalue weighted by molar-refractivity contribution is -0.146. The highest BCUT2D eigenvalue weighted by Gasteiger charge is 2.78. The molecule has 2 bridgehead atoms. The van der Waals surface area contributed by atoms with Gasteiger partial charge < -0.3 is 30.3 Å². The number of benzene rings is 3. The van der Waals surface area contributed by atoms with E-state index in [2.05, 4.69) is 29.4 Å². The van der Waals surface area contributed by atoms with Crippen LogP contribution in [0.4, 0.5) is 17.1 Å². The van der Waals surface area contributed by atoms with E-state index in [0.29, 0.717) is 30.6 Å². The molecule has 6 atom stereocenters. The van der Waals surface area contributed by atoms with Crippen LogP contribution < -0.4 is 15.5 Å². The zero-order valence-electron chi connectivity index (χ0n) is 26.1. The minimum atomic E-state index is -1.21. The summed E-state index contributed by atoms with van der Waals surface area (Å²) < 4.78 is 6.77. The smallest absolute Gasteiger partial charge is 0.250 e. The first-order valence-corrected chi connectivity index (χ1v) is 15.9. The van der Waals surface area contributed by atoms with Crippen LogP contribution in [-0.4, -0.2) is 70.7 Å². The number of hydrogen-bond acceptors (Lipinski definition) is 6. The molecule has 2 unspecified atom stereocenters. The summed E-state index contributed by atoms with van der Waals surface area (Å²) in [6.45, 7) is 7.45. The molecule has 236 valence electrons. The van der Waals surface area contributed by atoms with Crippen LogP contribution in [0.2, 0.25) is 0 Å². The first-order chi connectivity index (χ1) is 21.7. The highest BCUT2D eigenvalue weighted by molar-refractivity contribution is 6.05. The Morgan fingerprint density at radius 1 is 0.911 bits per heavy atom. The van der Waals surface area contributed by atoms with Crippen LogP contribution in [0.3, 0.4) is 0 Å². The van der Waals surface area contributed by atoms with Gasteiger partial charge in [-0.1, -0.05) is 48.5 Å². The minimum absolute atomic E-state index is 0.305. The molecule has 0 saturated carbocycles. The summed E-state index contributed by atoms with van der Waals surface area (Å²) in [6, 6.07) is 24.7. The van der Waals surface area contributed by atoms with Crippen LogP contribution in [0.15, 0.2) is 84.9 Å². The van der Waals surface area contributed by atoms with Crippen LogP contribution in [0, 0.1) is 11.8 Å². The summed E-state index contributed by atoms with van der Waals surface area (Å²) in [5.41, 5.74) is 1.09. The van der Waals surface area contributed by atoms with E-state index < -0.39 is 35.1 Å². The molecule has 9 nitrogen and oxygen atoms in total. The molecule has 3 amide bonds. The van der Waals surface area contributed by atoms with Crippen LogP contribution in [0.1, 0.15) is 39.2 Å². The number of amides is 3. The first-order valence-electron chi connectivity index (χ1n) is 15.9. The molecular weight excluding hydrogens is 568 g/mol. The third-order valence-electron chi connectivity index (χ3n) is 9.97. The highest BCUT2D eigenvalue weighted by Crippen LogP contribution is 2.63. The van der Waals surface area contributed by atoms with E-state index >= 15 is 0 Å². The lowest BCUT2D eigenvalue weighted by atomic mass is 9.66. The number of ether oxygens (including phenoxy) is 1. The zero-order chi connectivity index (χ0) is 31.8. The van der Waals surface area contributed by atoms with Crippen molar-refractivity contribution in [2.45, 2.75) is 63.3 Å². The number of rotatable bonds is 11. The SMILES string of the molecule is CCN(CC)c1ccc(NC(=O)C2N([C@@H](CO)Cc3ccccc3)C(=O)[C@@H]3[C@@H](C(=O)Nc4ccccc4)[C@@]4(C)CCC23O4)cc1. The van der Waals surface area contributed by atoms with Gasteiger partial charge >= 0.3 is 0 Å². The number of carbonyl (C=O) groups excluding carboxylic acids is 3. The molecule has 1 spiro atoms. The fraction of sp³-hybridized carbons (Fsp3) is 0.417. The van der Waals surface area contributed by atoms with Crippen LogP contribution >= 0.6 is 0 Å². The summed E-state index contributed by atoms with van der Waals surface area (Å²) in [6.07, 6.45) is 1.34. The van der Waals surface area contributed by atoms with E-state index in [9.17, 15) is 19.5 Å². The molecular formula is C36H42N4O5. The zero-order valence-corrected chi connectivity index (χ0v) is 26.1. The molecule has 0 radical (unpaired) electrons. The number of aliphatic hydroxyl groups excluding tert-OH is 1. The van der Waals surface area contributed by atoms with Crippen molar-refractivity contribution in [1.82, 2.24) is 4.90 Å². The summed E-state index contributed by atoms with van der Waals surface area (Å²) in [7, 11) is 0. The molecule has 3 N–H and O–H groups in total. The lowest BCUT2D eigenvalue weighted by Gasteiger charge is -2.37. The van der Waals surface area contributed by atoms with Gasteiger partial charge in [0.15, 0.2) is 0 Å². The monoisotopic (exact) mass is 610 g/mol. The van der Waals surface area contributed by atoms with Crippen molar-refractivity contribution in [3.63, 3.8) is 0 Å². The molecule has 3 aromatic carbocycles. The molecule has 0 aliphatic carbocycles. The Morgan fingerprint density at radius 2 is 1.51 bits per heavy atom. The van der Waals surface area contributed by atoms with E-state index in [0.717, 1.165) is 24.3 Å². The molecule has 45 heavy (non-hydrogen) atoms. The number of carbonyl (C=O) groups is 3. The van der Waals surface area contributed by atoms with Crippen LogP contribution in [-0.2, 0) is 25.5 Å². The van der Waals surface area contributed by atoms with Gasteiger partial charge in [-0.05, 0) is 82.0 Å². The van der Waals surface area contributed by atoms with E-state index in [1.807, 2.05) is 79.7 Å². The molecule has 3 saturated heterocycles. The topological polar surface area (TPSA) is 111 Å². The number of likely N-dealkylation sites (tertiary alicyclic amines) is 1. The Morgan fingerprint density at radius 3 is 2.13 bits per heavy atom. The van der Waals surface area contributed by atoms with Gasteiger partial charge in [0.25, 0.3) is 0 Å². The average molecular weight is 611 g/mol. The Labute approximate surface area is 264 Å². The molecule has 0 aromatic heterocycles. The third-order valence-corrected chi connectivity index (χ3v) is 9.97. The summed E-state index contributed by atoms with van der Waals surface area (Å²) in [4.78, 5) is 46.6. The van der Waals surface area contributed by atoms with Gasteiger partial charge in [-0.2, -0.15) is 0 Å². The molecule has 3 aliphatic heterocycles. The highest BCUT2D eigenvalue weighted by atomic mass is 16.5. The van der Waals surface area contributed by atoms with Gasteiger partial charge in [0, 0.05) is 30.2 Å². The normalized spacial score (nSPS) is 27.2. The number of nitrogens with zero attached hydrogens (tertiary/aromatic N) is 2. The maximum Gasteiger partial charge on any atom is 0.250 e. The van der Waals surface area contributed by atoms with E-state index in [4.69, 9.17) is 4.74 Å². The molecule has 3 fully saturated rings. The Hall–Kier alpha value is -4.21. The van der Waals surface area contributed by atoms with E-state index in [-0.39, 0.29) is 24.3 Å². The molecule has 9 heteroatoms. The van der Waals surface area contributed by atoms with Gasteiger partial charge in [-0.15, -0.1) is 0 Å². The summed E-state index contributed by atoms with van der Waals surface area (Å²) in [5, 5.41) is 16.7. The number of nitrogens with one attached hydrogen (secondary N) is 2. The van der Waals surface area contributed by atoms with Crippen molar-refractivity contribution >= 4 is 34.8 Å². The van der Waals surface area contributed by atoms with Gasteiger partial charge in [-0.3, -0.25) is 14.4 Å². The fourth-order valence-electron chi connectivity index (χ4n) is 7.89. The molecule has 3 heterocycles. The second kappa shape index (κ2) is 12.3. The average Bonchev–Trinajstić information content (AvgIpc) is 3.62. The maximum atomic E-state index is 14.6. The lowest BCUT2D eigenvalue weighted by Crippen LogP contribution is -2.57. The van der Waals surface area contributed by atoms with Crippen LogP contribution in [0.25, 0.3) is 0 Å². The maximum absolute atomic E-state index is 14.6. The number of para-hydroxylation sites is 1. The van der Waals surface area contributed by atoms with Crippen molar-refractivity contribution in [3.8, 4) is 0 Å². The van der Waals surface area contributed by atoms with Crippen molar-refractivity contribution in [3.05, 3.63) is 90.5 Å². The quantitative estimate of drug-likeness (QED) is 0.295.